The van der Waals surface area contributed by atoms with Crippen LogP contribution < -0.4 is 0 Å². The standard InChI is InChI=1S/C19H20ClNO/c20-18-10-8-15(9-11-18)16-6-5-7-17(14-16)19(22)21-12-3-1-2-4-13-21/h5-11,14H,1-4,12-13H2. The van der Waals surface area contributed by atoms with E-state index in [9.17, 15) is 4.79 Å². The Labute approximate surface area is 136 Å². The molecule has 2 nitrogen and oxygen atoms in total. The van der Waals surface area contributed by atoms with Gasteiger partial charge >= 0.3 is 0 Å². The summed E-state index contributed by atoms with van der Waals surface area (Å²) in [6.07, 6.45) is 4.69. The zero-order chi connectivity index (χ0) is 15.4. The van der Waals surface area contributed by atoms with Gasteiger partial charge in [0.15, 0.2) is 0 Å². The highest BCUT2D eigenvalue weighted by Crippen LogP contribution is 2.23. The number of nitrogens with zero attached hydrogens (tertiary/aromatic N) is 1. The van der Waals surface area contributed by atoms with E-state index in [0.29, 0.717) is 0 Å². The SMILES string of the molecule is O=C(c1cccc(-c2ccc(Cl)cc2)c1)N1CCCCCC1. The Bertz CT molecular complexity index is 643. The molecule has 3 rings (SSSR count). The summed E-state index contributed by atoms with van der Waals surface area (Å²) in [5.74, 6) is 0.151. The lowest BCUT2D eigenvalue weighted by Gasteiger charge is -2.20. The topological polar surface area (TPSA) is 20.3 Å². The highest BCUT2D eigenvalue weighted by Gasteiger charge is 2.17. The number of rotatable bonds is 2. The zero-order valence-corrected chi connectivity index (χ0v) is 13.4. The van der Waals surface area contributed by atoms with Crippen molar-refractivity contribution in [2.24, 2.45) is 0 Å². The van der Waals surface area contributed by atoms with Crippen molar-refractivity contribution in [3.63, 3.8) is 0 Å². The fourth-order valence-electron chi connectivity index (χ4n) is 2.93. The second kappa shape index (κ2) is 6.97. The summed E-state index contributed by atoms with van der Waals surface area (Å²) in [4.78, 5) is 14.7. The molecule has 1 amide bonds. The summed E-state index contributed by atoms with van der Waals surface area (Å²) in [5, 5.41) is 0.723. The molecule has 0 saturated carbocycles. The van der Waals surface area contributed by atoms with E-state index < -0.39 is 0 Å². The molecule has 2 aromatic carbocycles. The Morgan fingerprint density at radius 2 is 1.55 bits per heavy atom. The highest BCUT2D eigenvalue weighted by atomic mass is 35.5. The zero-order valence-electron chi connectivity index (χ0n) is 12.6. The average molecular weight is 314 g/mol. The molecule has 0 unspecified atom stereocenters. The van der Waals surface area contributed by atoms with Crippen LogP contribution in [0.3, 0.4) is 0 Å². The van der Waals surface area contributed by atoms with Crippen molar-refractivity contribution >= 4 is 17.5 Å². The van der Waals surface area contributed by atoms with Crippen molar-refractivity contribution in [3.05, 3.63) is 59.1 Å². The Kier molecular flexibility index (Phi) is 4.79. The molecule has 1 aliphatic rings. The molecule has 1 fully saturated rings. The molecular formula is C19H20ClNO. The fraction of sp³-hybridized carbons (Fsp3) is 0.316. The van der Waals surface area contributed by atoms with Gasteiger partial charge in [-0.15, -0.1) is 0 Å². The van der Waals surface area contributed by atoms with Crippen molar-refractivity contribution in [2.45, 2.75) is 25.7 Å². The Morgan fingerprint density at radius 3 is 2.23 bits per heavy atom. The van der Waals surface area contributed by atoms with E-state index in [1.54, 1.807) is 0 Å². The van der Waals surface area contributed by atoms with Crippen LogP contribution in [-0.2, 0) is 0 Å². The molecule has 0 spiro atoms. The third-order valence-electron chi connectivity index (χ3n) is 4.18. The van der Waals surface area contributed by atoms with Gasteiger partial charge in [-0.05, 0) is 48.2 Å². The molecule has 1 heterocycles. The minimum atomic E-state index is 0.151. The van der Waals surface area contributed by atoms with Gasteiger partial charge in [0.05, 0.1) is 0 Å². The van der Waals surface area contributed by atoms with Crippen molar-refractivity contribution in [1.82, 2.24) is 4.90 Å². The number of benzene rings is 2. The van der Waals surface area contributed by atoms with Gasteiger partial charge in [0.1, 0.15) is 0 Å². The van der Waals surface area contributed by atoms with E-state index in [1.807, 2.05) is 53.4 Å². The number of carbonyl (C=O) groups is 1. The van der Waals surface area contributed by atoms with Gasteiger partial charge in [0.25, 0.3) is 5.91 Å². The van der Waals surface area contributed by atoms with Crippen molar-refractivity contribution < 1.29 is 4.79 Å². The number of hydrogen-bond acceptors (Lipinski definition) is 1. The van der Waals surface area contributed by atoms with E-state index in [2.05, 4.69) is 0 Å². The molecule has 0 bridgehead atoms. The normalized spacial score (nSPS) is 15.4. The molecule has 0 aliphatic carbocycles. The van der Waals surface area contributed by atoms with Gasteiger partial charge in [-0.1, -0.05) is 48.7 Å². The maximum atomic E-state index is 12.7. The third-order valence-corrected chi connectivity index (χ3v) is 4.43. The van der Waals surface area contributed by atoms with Gasteiger partial charge in [-0.25, -0.2) is 0 Å². The van der Waals surface area contributed by atoms with Gasteiger partial charge in [-0.2, -0.15) is 0 Å². The molecule has 22 heavy (non-hydrogen) atoms. The quantitative estimate of drug-likeness (QED) is 0.762. The lowest BCUT2D eigenvalue weighted by Crippen LogP contribution is -2.31. The molecule has 0 radical (unpaired) electrons. The molecular weight excluding hydrogens is 294 g/mol. The van der Waals surface area contributed by atoms with Crippen LogP contribution in [0.1, 0.15) is 36.0 Å². The smallest absolute Gasteiger partial charge is 0.253 e. The summed E-state index contributed by atoms with van der Waals surface area (Å²) in [7, 11) is 0. The Balaban J connectivity index is 1.83. The van der Waals surface area contributed by atoms with E-state index in [-0.39, 0.29) is 5.91 Å². The van der Waals surface area contributed by atoms with E-state index in [1.165, 1.54) is 12.8 Å². The summed E-state index contributed by atoms with van der Waals surface area (Å²) in [6, 6.07) is 15.6. The molecule has 114 valence electrons. The van der Waals surface area contributed by atoms with Gasteiger partial charge in [0.2, 0.25) is 0 Å². The molecule has 0 aromatic heterocycles. The first-order valence-electron chi connectivity index (χ1n) is 7.89. The first kappa shape index (κ1) is 15.1. The van der Waals surface area contributed by atoms with Crippen molar-refractivity contribution in [2.75, 3.05) is 13.1 Å². The fourth-order valence-corrected chi connectivity index (χ4v) is 3.06. The van der Waals surface area contributed by atoms with Crippen molar-refractivity contribution in [1.29, 1.82) is 0 Å². The van der Waals surface area contributed by atoms with Crippen LogP contribution in [0.15, 0.2) is 48.5 Å². The van der Waals surface area contributed by atoms with Crippen LogP contribution in [0, 0.1) is 0 Å². The van der Waals surface area contributed by atoms with Crippen LogP contribution in [0.5, 0.6) is 0 Å². The minimum Gasteiger partial charge on any atom is -0.339 e. The molecule has 0 atom stereocenters. The van der Waals surface area contributed by atoms with Crippen LogP contribution in [-0.4, -0.2) is 23.9 Å². The summed E-state index contributed by atoms with van der Waals surface area (Å²) >= 11 is 5.94. The Hall–Kier alpha value is -1.80. The molecule has 1 saturated heterocycles. The number of hydrogen-bond donors (Lipinski definition) is 0. The second-order valence-corrected chi connectivity index (χ2v) is 6.23. The molecule has 0 N–H and O–H groups in total. The molecule has 2 aromatic rings. The maximum Gasteiger partial charge on any atom is 0.253 e. The summed E-state index contributed by atoms with van der Waals surface area (Å²) < 4.78 is 0. The van der Waals surface area contributed by atoms with Crippen molar-refractivity contribution in [3.8, 4) is 11.1 Å². The van der Waals surface area contributed by atoms with E-state index >= 15 is 0 Å². The summed E-state index contributed by atoms with van der Waals surface area (Å²) in [6.45, 7) is 1.76. The minimum absolute atomic E-state index is 0.151. The Morgan fingerprint density at radius 1 is 0.864 bits per heavy atom. The van der Waals surface area contributed by atoms with Crippen LogP contribution in [0.4, 0.5) is 0 Å². The van der Waals surface area contributed by atoms with Crippen LogP contribution >= 0.6 is 11.6 Å². The number of halogens is 1. The maximum absolute atomic E-state index is 12.7. The lowest BCUT2D eigenvalue weighted by molar-refractivity contribution is 0.0761. The highest BCUT2D eigenvalue weighted by molar-refractivity contribution is 6.30. The predicted molar refractivity (Wildman–Crippen MR) is 91.3 cm³/mol. The number of amides is 1. The largest absolute Gasteiger partial charge is 0.339 e. The summed E-state index contributed by atoms with van der Waals surface area (Å²) in [5.41, 5.74) is 2.90. The monoisotopic (exact) mass is 313 g/mol. The molecule has 3 heteroatoms. The average Bonchev–Trinajstić information content (AvgIpc) is 2.84. The van der Waals surface area contributed by atoms with E-state index in [0.717, 1.165) is 47.6 Å². The van der Waals surface area contributed by atoms with E-state index in [4.69, 9.17) is 11.6 Å². The predicted octanol–water partition coefficient (Wildman–Crippen LogP) is 5.02. The lowest BCUT2D eigenvalue weighted by atomic mass is 10.0. The van der Waals surface area contributed by atoms with Gasteiger partial charge in [-0.3, -0.25) is 4.79 Å². The van der Waals surface area contributed by atoms with Gasteiger partial charge < -0.3 is 4.90 Å². The van der Waals surface area contributed by atoms with Crippen LogP contribution in [0.2, 0.25) is 5.02 Å². The third kappa shape index (κ3) is 3.50. The first-order chi connectivity index (χ1) is 10.7. The van der Waals surface area contributed by atoms with Gasteiger partial charge in [0, 0.05) is 23.7 Å². The van der Waals surface area contributed by atoms with Crippen LogP contribution in [0.25, 0.3) is 11.1 Å². The molecule has 1 aliphatic heterocycles. The number of likely N-dealkylation sites (tertiary alicyclic amines) is 1. The second-order valence-electron chi connectivity index (χ2n) is 5.79. The first-order valence-corrected chi connectivity index (χ1v) is 8.27. The number of carbonyl (C=O) groups excluding carboxylic acids is 1.